The Balaban J connectivity index is 2.08. The Morgan fingerprint density at radius 3 is 2.32 bits per heavy atom. The van der Waals surface area contributed by atoms with Gasteiger partial charge in [-0.3, -0.25) is 0 Å². The van der Waals surface area contributed by atoms with Gasteiger partial charge in [-0.05, 0) is 29.8 Å². The fourth-order valence-corrected chi connectivity index (χ4v) is 1.68. The number of hydrogen-bond donors (Lipinski definition) is 1. The van der Waals surface area contributed by atoms with Gasteiger partial charge in [0.2, 0.25) is 0 Å². The lowest BCUT2D eigenvalue weighted by atomic mass is 10.1. The van der Waals surface area contributed by atoms with Gasteiger partial charge in [0.05, 0.1) is 0 Å². The third-order valence-electron chi connectivity index (χ3n) is 2.63. The maximum absolute atomic E-state index is 12.8. The first-order valence-corrected chi connectivity index (χ1v) is 5.84. The minimum absolute atomic E-state index is 0.185. The number of carbonyl (C=O) groups is 1. The SMILES string of the molecule is O=C(O)[C@@H](Cc1ccc(F)cc1)Oc1ccccc1. The first-order valence-electron chi connectivity index (χ1n) is 5.84. The van der Waals surface area contributed by atoms with Crippen LogP contribution in [0.25, 0.3) is 0 Å². The quantitative estimate of drug-likeness (QED) is 0.899. The molecule has 4 heteroatoms. The molecule has 0 radical (unpaired) electrons. The largest absolute Gasteiger partial charge is 0.478 e. The van der Waals surface area contributed by atoms with Crippen LogP contribution in [-0.4, -0.2) is 17.2 Å². The summed E-state index contributed by atoms with van der Waals surface area (Å²) in [6.07, 6.45) is -0.808. The number of carboxylic acids is 1. The molecular weight excluding hydrogens is 247 g/mol. The summed E-state index contributed by atoms with van der Waals surface area (Å²) >= 11 is 0. The highest BCUT2D eigenvalue weighted by molar-refractivity contribution is 5.73. The highest BCUT2D eigenvalue weighted by Crippen LogP contribution is 2.14. The molecule has 0 heterocycles. The zero-order valence-corrected chi connectivity index (χ0v) is 10.1. The predicted octanol–water partition coefficient (Wildman–Crippen LogP) is 2.90. The smallest absolute Gasteiger partial charge is 0.345 e. The molecule has 2 aromatic rings. The first kappa shape index (κ1) is 13.1. The minimum Gasteiger partial charge on any atom is -0.478 e. The number of benzene rings is 2. The fourth-order valence-electron chi connectivity index (χ4n) is 1.68. The highest BCUT2D eigenvalue weighted by atomic mass is 19.1. The Bertz CT molecular complexity index is 537. The molecule has 0 aliphatic carbocycles. The second kappa shape index (κ2) is 6.00. The van der Waals surface area contributed by atoms with Gasteiger partial charge in [0.25, 0.3) is 0 Å². The third-order valence-corrected chi connectivity index (χ3v) is 2.63. The molecule has 0 aromatic heterocycles. The van der Waals surface area contributed by atoms with Crippen molar-refractivity contribution < 1.29 is 19.0 Å². The normalized spacial score (nSPS) is 11.8. The predicted molar refractivity (Wildman–Crippen MR) is 68.6 cm³/mol. The monoisotopic (exact) mass is 260 g/mol. The second-order valence-electron chi connectivity index (χ2n) is 4.09. The summed E-state index contributed by atoms with van der Waals surface area (Å²) in [4.78, 5) is 11.2. The lowest BCUT2D eigenvalue weighted by Gasteiger charge is -2.15. The van der Waals surface area contributed by atoms with Crippen LogP contribution in [-0.2, 0) is 11.2 Å². The number of rotatable bonds is 5. The number of hydrogen-bond acceptors (Lipinski definition) is 2. The summed E-state index contributed by atoms with van der Waals surface area (Å²) in [6, 6.07) is 14.5. The van der Waals surface area contributed by atoms with Crippen molar-refractivity contribution in [1.29, 1.82) is 0 Å². The van der Waals surface area contributed by atoms with Crippen LogP contribution in [0.5, 0.6) is 5.75 Å². The molecule has 1 N–H and O–H groups in total. The Labute approximate surface area is 110 Å². The van der Waals surface area contributed by atoms with Crippen molar-refractivity contribution >= 4 is 5.97 Å². The Hall–Kier alpha value is -2.36. The fraction of sp³-hybridized carbons (Fsp3) is 0.133. The Morgan fingerprint density at radius 2 is 1.74 bits per heavy atom. The van der Waals surface area contributed by atoms with Crippen molar-refractivity contribution in [2.45, 2.75) is 12.5 Å². The average molecular weight is 260 g/mol. The minimum atomic E-state index is -1.05. The van der Waals surface area contributed by atoms with Crippen molar-refractivity contribution in [2.24, 2.45) is 0 Å². The molecule has 98 valence electrons. The van der Waals surface area contributed by atoms with E-state index in [-0.39, 0.29) is 12.2 Å². The molecule has 2 aromatic carbocycles. The molecule has 0 aliphatic heterocycles. The van der Waals surface area contributed by atoms with Gasteiger partial charge in [0.15, 0.2) is 6.10 Å². The Morgan fingerprint density at radius 1 is 1.11 bits per heavy atom. The van der Waals surface area contributed by atoms with E-state index in [0.29, 0.717) is 11.3 Å². The molecule has 19 heavy (non-hydrogen) atoms. The van der Waals surface area contributed by atoms with Crippen molar-refractivity contribution in [2.75, 3.05) is 0 Å². The van der Waals surface area contributed by atoms with E-state index in [0.717, 1.165) is 0 Å². The molecule has 0 aliphatic rings. The molecular formula is C15H13FO3. The van der Waals surface area contributed by atoms with Gasteiger partial charge in [0, 0.05) is 6.42 Å². The van der Waals surface area contributed by atoms with Gasteiger partial charge < -0.3 is 9.84 Å². The third kappa shape index (κ3) is 3.81. The Kier molecular flexibility index (Phi) is 4.13. The van der Waals surface area contributed by atoms with Crippen molar-refractivity contribution in [3.05, 3.63) is 66.0 Å². The molecule has 0 spiro atoms. The van der Waals surface area contributed by atoms with Gasteiger partial charge in [-0.25, -0.2) is 9.18 Å². The molecule has 0 amide bonds. The van der Waals surface area contributed by atoms with Crippen molar-refractivity contribution in [1.82, 2.24) is 0 Å². The van der Waals surface area contributed by atoms with E-state index >= 15 is 0 Å². The van der Waals surface area contributed by atoms with Crippen LogP contribution in [0.1, 0.15) is 5.56 Å². The van der Waals surface area contributed by atoms with E-state index in [1.807, 2.05) is 6.07 Å². The summed E-state index contributed by atoms with van der Waals surface area (Å²) in [5.41, 5.74) is 0.713. The van der Waals surface area contributed by atoms with E-state index < -0.39 is 12.1 Å². The second-order valence-corrected chi connectivity index (χ2v) is 4.09. The molecule has 1 atom stereocenters. The van der Waals surface area contributed by atoms with E-state index in [1.165, 1.54) is 12.1 Å². The van der Waals surface area contributed by atoms with Crippen molar-refractivity contribution in [3.63, 3.8) is 0 Å². The lowest BCUT2D eigenvalue weighted by Crippen LogP contribution is -2.29. The standard InChI is InChI=1S/C15H13FO3/c16-12-8-6-11(7-9-12)10-14(15(17)18)19-13-4-2-1-3-5-13/h1-9,14H,10H2,(H,17,18)/t14-/m1/s1. The van der Waals surface area contributed by atoms with Crippen LogP contribution >= 0.6 is 0 Å². The number of carboxylic acid groups (broad SMARTS) is 1. The summed E-state index contributed by atoms with van der Waals surface area (Å²) < 4.78 is 18.2. The number of para-hydroxylation sites is 1. The van der Waals surface area contributed by atoms with E-state index in [9.17, 15) is 9.18 Å². The van der Waals surface area contributed by atoms with Crippen LogP contribution in [0, 0.1) is 5.82 Å². The van der Waals surface area contributed by atoms with Gasteiger partial charge in [0.1, 0.15) is 11.6 Å². The maximum Gasteiger partial charge on any atom is 0.345 e. The van der Waals surface area contributed by atoms with Crippen LogP contribution in [0.15, 0.2) is 54.6 Å². The zero-order valence-electron chi connectivity index (χ0n) is 10.1. The highest BCUT2D eigenvalue weighted by Gasteiger charge is 2.19. The summed E-state index contributed by atoms with van der Waals surface area (Å²) in [5, 5.41) is 9.15. The molecule has 0 bridgehead atoms. The van der Waals surface area contributed by atoms with Gasteiger partial charge in [-0.1, -0.05) is 30.3 Å². The van der Waals surface area contributed by atoms with Crippen molar-refractivity contribution in [3.8, 4) is 5.75 Å². The molecule has 3 nitrogen and oxygen atoms in total. The molecule has 0 unspecified atom stereocenters. The molecule has 0 saturated carbocycles. The van der Waals surface area contributed by atoms with Crippen LogP contribution in [0.2, 0.25) is 0 Å². The van der Waals surface area contributed by atoms with Gasteiger partial charge in [-0.15, -0.1) is 0 Å². The molecule has 0 saturated heterocycles. The summed E-state index contributed by atoms with van der Waals surface area (Å²) in [6.45, 7) is 0. The summed E-state index contributed by atoms with van der Waals surface area (Å²) in [7, 11) is 0. The topological polar surface area (TPSA) is 46.5 Å². The van der Waals surface area contributed by atoms with Crippen LogP contribution < -0.4 is 4.74 Å². The number of aliphatic carboxylic acids is 1. The van der Waals surface area contributed by atoms with Crippen LogP contribution in [0.3, 0.4) is 0 Å². The first-order chi connectivity index (χ1) is 9.15. The van der Waals surface area contributed by atoms with Gasteiger partial charge >= 0.3 is 5.97 Å². The average Bonchev–Trinajstić information content (AvgIpc) is 2.41. The van der Waals surface area contributed by atoms with Crippen LogP contribution in [0.4, 0.5) is 4.39 Å². The maximum atomic E-state index is 12.8. The van der Waals surface area contributed by atoms with E-state index in [2.05, 4.69) is 0 Å². The zero-order chi connectivity index (χ0) is 13.7. The lowest BCUT2D eigenvalue weighted by molar-refractivity contribution is -0.145. The number of ether oxygens (including phenoxy) is 1. The van der Waals surface area contributed by atoms with Gasteiger partial charge in [-0.2, -0.15) is 0 Å². The van der Waals surface area contributed by atoms with E-state index in [1.54, 1.807) is 36.4 Å². The van der Waals surface area contributed by atoms with E-state index in [4.69, 9.17) is 9.84 Å². The molecule has 2 rings (SSSR count). The molecule has 0 fully saturated rings. The summed E-state index contributed by atoms with van der Waals surface area (Å²) in [5.74, 6) is -0.898. The number of halogens is 1.